The predicted octanol–water partition coefficient (Wildman–Crippen LogP) is 15.8. The molecule has 2 aliphatic carbocycles. The van der Waals surface area contributed by atoms with Gasteiger partial charge in [0.05, 0.1) is 0 Å². The molecule has 64 heavy (non-hydrogen) atoms. The molecule has 1 aliphatic heterocycles. The third kappa shape index (κ3) is 7.06. The molecule has 0 amide bonds. The summed E-state index contributed by atoms with van der Waals surface area (Å²) in [6, 6.07) is 44.3. The van der Waals surface area contributed by atoms with Gasteiger partial charge >= 0.3 is 399 Å². The molecule has 6 aromatic rings. The Morgan fingerprint density at radius 1 is 0.406 bits per heavy atom. The first kappa shape index (κ1) is 45.6. The van der Waals surface area contributed by atoms with E-state index in [1.54, 1.807) is 0 Å². The first-order chi connectivity index (χ1) is 30.4. The van der Waals surface area contributed by atoms with Gasteiger partial charge in [0.15, 0.2) is 0 Å². The number of allylic oxidation sites excluding steroid dienone is 2. The Morgan fingerprint density at radius 3 is 1.25 bits per heavy atom. The first-order valence-electron chi connectivity index (χ1n) is 24.2. The van der Waals surface area contributed by atoms with E-state index in [0.29, 0.717) is 23.7 Å². The zero-order chi connectivity index (χ0) is 45.6. The summed E-state index contributed by atoms with van der Waals surface area (Å²) in [5.41, 5.74) is 21.8. The second kappa shape index (κ2) is 17.0. The molecule has 0 aromatic heterocycles. The summed E-state index contributed by atoms with van der Waals surface area (Å²) in [5, 5.41) is 2.97. The number of hydrogen-bond donors (Lipinski definition) is 0. The Balaban J connectivity index is 1.43. The van der Waals surface area contributed by atoms with Crippen molar-refractivity contribution in [1.82, 2.24) is 0 Å². The van der Waals surface area contributed by atoms with Crippen molar-refractivity contribution < 1.29 is 16.4 Å². The van der Waals surface area contributed by atoms with E-state index in [4.69, 9.17) is 0 Å². The summed E-state index contributed by atoms with van der Waals surface area (Å²) in [6.07, 6.45) is 5.16. The molecule has 0 fully saturated rings. The molecule has 2 unspecified atom stereocenters. The quantitative estimate of drug-likeness (QED) is 0.113. The summed E-state index contributed by atoms with van der Waals surface area (Å²) in [5.74, 6) is 1.89. The Bertz CT molecular complexity index is 2740. The molecular weight excluding hydrogens is 911 g/mol. The SMILES string of the molecule is CC(C)C1=Cc2c(ccc(C(C)C)c2-c2ccccc2C(C)C)[CH]1[Zr]([Cl])([Cl])([c]1cccc2c1[SiH2]c1ccccc1-2)[CH]1C(C(C)C)=Cc2c1ccc(C(C)C)c2-c1ccccc1C(C)C. The van der Waals surface area contributed by atoms with Crippen LogP contribution >= 0.6 is 17.0 Å². The van der Waals surface area contributed by atoms with Gasteiger partial charge in [0.2, 0.25) is 0 Å². The van der Waals surface area contributed by atoms with Gasteiger partial charge in [0.25, 0.3) is 0 Å². The van der Waals surface area contributed by atoms with Crippen molar-refractivity contribution >= 4 is 52.3 Å². The van der Waals surface area contributed by atoms with Gasteiger partial charge in [-0.25, -0.2) is 0 Å². The molecule has 0 saturated heterocycles. The van der Waals surface area contributed by atoms with Gasteiger partial charge in [-0.15, -0.1) is 0 Å². The molecule has 0 spiro atoms. The molecule has 6 aromatic carbocycles. The van der Waals surface area contributed by atoms with Gasteiger partial charge in [0, 0.05) is 0 Å². The second-order valence-corrected chi connectivity index (χ2v) is 43.6. The van der Waals surface area contributed by atoms with Gasteiger partial charge < -0.3 is 0 Å². The summed E-state index contributed by atoms with van der Waals surface area (Å²) in [6.45, 7) is 28.3. The molecule has 0 N–H and O–H groups in total. The van der Waals surface area contributed by atoms with Crippen LogP contribution in [0.1, 0.15) is 159 Å². The van der Waals surface area contributed by atoms with Crippen LogP contribution in [0.4, 0.5) is 0 Å². The van der Waals surface area contributed by atoms with Gasteiger partial charge in [-0.3, -0.25) is 0 Å². The van der Waals surface area contributed by atoms with E-state index in [-0.39, 0.29) is 19.1 Å². The number of rotatable bonds is 11. The third-order valence-electron chi connectivity index (χ3n) is 15.2. The van der Waals surface area contributed by atoms with Crippen molar-refractivity contribution in [2.45, 2.75) is 114 Å². The van der Waals surface area contributed by atoms with Crippen LogP contribution in [0.25, 0.3) is 45.5 Å². The second-order valence-electron chi connectivity index (χ2n) is 21.1. The molecule has 0 nitrogen and oxygen atoms in total. The van der Waals surface area contributed by atoms with E-state index in [9.17, 15) is 17.0 Å². The van der Waals surface area contributed by atoms with Gasteiger partial charge in [-0.1, -0.05) is 0 Å². The Labute approximate surface area is 395 Å². The van der Waals surface area contributed by atoms with Crippen LogP contribution in [-0.4, -0.2) is 9.52 Å². The minimum atomic E-state index is -5.79. The summed E-state index contributed by atoms with van der Waals surface area (Å²) in [7, 11) is 18.2. The third-order valence-corrected chi connectivity index (χ3v) is 37.8. The Morgan fingerprint density at radius 2 is 0.812 bits per heavy atom. The average molecular weight is 978 g/mol. The van der Waals surface area contributed by atoms with Crippen LogP contribution in [0.15, 0.2) is 126 Å². The van der Waals surface area contributed by atoms with Crippen LogP contribution in [0.3, 0.4) is 0 Å². The first-order valence-corrected chi connectivity index (χ1v) is 36.0. The summed E-state index contributed by atoms with van der Waals surface area (Å²) < 4.78 is 1.03. The van der Waals surface area contributed by atoms with E-state index in [0.717, 1.165) is 0 Å². The molecule has 4 heteroatoms. The normalized spacial score (nSPS) is 17.7. The van der Waals surface area contributed by atoms with E-state index in [1.807, 2.05) is 0 Å². The van der Waals surface area contributed by atoms with Gasteiger partial charge in [-0.2, -0.15) is 0 Å². The number of halogens is 2. The number of fused-ring (bicyclic) bond motifs is 5. The zero-order valence-electron chi connectivity index (χ0n) is 40.2. The molecule has 0 saturated carbocycles. The molecule has 2 atom stereocenters. The number of hydrogen-bond acceptors (Lipinski definition) is 0. The maximum atomic E-state index is 9.57. The van der Waals surface area contributed by atoms with Crippen molar-refractivity contribution in [3.8, 4) is 33.4 Å². The van der Waals surface area contributed by atoms with E-state index in [1.165, 1.54) is 103 Å². The molecular formula is C60H67Cl2SiZr. The van der Waals surface area contributed by atoms with Crippen LogP contribution in [0.5, 0.6) is 0 Å². The van der Waals surface area contributed by atoms with Crippen LogP contribution < -0.4 is 13.6 Å². The van der Waals surface area contributed by atoms with Crippen molar-refractivity contribution in [3.05, 3.63) is 171 Å². The summed E-state index contributed by atoms with van der Waals surface area (Å²) >= 11 is -5.79. The van der Waals surface area contributed by atoms with E-state index >= 15 is 0 Å². The van der Waals surface area contributed by atoms with Crippen LogP contribution in [-0.2, 0) is 16.4 Å². The monoisotopic (exact) mass is 975 g/mol. The molecule has 1 heterocycles. The molecule has 9 rings (SSSR count). The molecule has 0 bridgehead atoms. The fraction of sp³-hybridized carbons (Fsp3) is 0.333. The van der Waals surface area contributed by atoms with Crippen molar-refractivity contribution in [2.24, 2.45) is 11.8 Å². The zero-order valence-corrected chi connectivity index (χ0v) is 45.6. The van der Waals surface area contributed by atoms with Crippen molar-refractivity contribution in [1.29, 1.82) is 0 Å². The average Bonchev–Trinajstić information content (AvgIpc) is 3.99. The van der Waals surface area contributed by atoms with E-state index in [2.05, 4.69) is 210 Å². The predicted molar refractivity (Wildman–Crippen MR) is 282 cm³/mol. The van der Waals surface area contributed by atoms with Crippen molar-refractivity contribution in [2.75, 3.05) is 0 Å². The Kier molecular flexibility index (Phi) is 12.1. The topological polar surface area (TPSA) is 0 Å². The Hall–Kier alpha value is -3.52. The van der Waals surface area contributed by atoms with Gasteiger partial charge in [0.1, 0.15) is 0 Å². The van der Waals surface area contributed by atoms with Crippen molar-refractivity contribution in [3.63, 3.8) is 0 Å². The standard InChI is InChI=1S/2C24H29.C12H9Si.2ClH.Zr/c2*1-15(2)19-13-18-11-12-21(17(5)6)24(23(18)14-19)22-10-8-7-9-20(22)16(3)4;1-3-7-11-9(5-1)10-6-2-4-8-12(10)13-11;;;/h2*7-17H,1-6H3;1-7H,13H2;2*1H;/q;;;;;+2/p-2. The number of benzene rings is 6. The van der Waals surface area contributed by atoms with Crippen LogP contribution in [0, 0.1) is 11.8 Å². The molecule has 329 valence electrons. The molecule has 0 radical (unpaired) electrons. The minimum absolute atomic E-state index is 0.135. The van der Waals surface area contributed by atoms with E-state index < -0.39 is 25.9 Å². The summed E-state index contributed by atoms with van der Waals surface area (Å²) in [4.78, 5) is 0. The molecule has 3 aliphatic rings. The van der Waals surface area contributed by atoms with Gasteiger partial charge in [-0.05, 0) is 0 Å². The fourth-order valence-electron chi connectivity index (χ4n) is 12.3. The maximum absolute atomic E-state index is 9.57. The fourth-order valence-corrected chi connectivity index (χ4v) is 40.5. The van der Waals surface area contributed by atoms with Crippen LogP contribution in [0.2, 0.25) is 0 Å².